The molecule has 0 bridgehead atoms. The molecule has 0 spiro atoms. The average molecular weight is 309 g/mol. The molecule has 1 atom stereocenters. The zero-order valence-corrected chi connectivity index (χ0v) is 12.5. The quantitative estimate of drug-likeness (QED) is 0.399. The van der Waals surface area contributed by atoms with E-state index in [4.69, 9.17) is 10.8 Å². The molecule has 8 heteroatoms. The summed E-state index contributed by atoms with van der Waals surface area (Å²) < 4.78 is 0. The summed E-state index contributed by atoms with van der Waals surface area (Å²) in [6.45, 7) is 3.50. The standard InChI is InChI=1S/C14H19N3O5/c1-3-4-5-10(14(19)20)16-13(18)9-6-8(2)7-11(12(9)15)17(21)22/h6-7,10H,3-5,15H2,1-2H3,(H,16,18)(H,19,20). The molecule has 0 saturated heterocycles. The van der Waals surface area contributed by atoms with Crippen molar-refractivity contribution in [2.75, 3.05) is 5.73 Å². The predicted octanol–water partition coefficient (Wildman–Crippen LogP) is 1.86. The van der Waals surface area contributed by atoms with Gasteiger partial charge in [0.25, 0.3) is 11.6 Å². The van der Waals surface area contributed by atoms with E-state index in [-0.39, 0.29) is 23.4 Å². The van der Waals surface area contributed by atoms with Crippen LogP contribution in [0.4, 0.5) is 11.4 Å². The molecule has 0 aliphatic heterocycles. The molecule has 0 aromatic heterocycles. The number of carboxylic acids is 1. The third-order valence-corrected chi connectivity index (χ3v) is 3.19. The van der Waals surface area contributed by atoms with Crippen molar-refractivity contribution in [1.29, 1.82) is 0 Å². The Hall–Kier alpha value is -2.64. The minimum absolute atomic E-state index is 0.0885. The van der Waals surface area contributed by atoms with E-state index in [1.54, 1.807) is 6.92 Å². The van der Waals surface area contributed by atoms with Gasteiger partial charge in [0.1, 0.15) is 11.7 Å². The number of nitrogens with zero attached hydrogens (tertiary/aromatic N) is 1. The summed E-state index contributed by atoms with van der Waals surface area (Å²) in [5.41, 5.74) is 5.42. The summed E-state index contributed by atoms with van der Waals surface area (Å²) in [6, 6.07) is 1.61. The maximum atomic E-state index is 12.2. The van der Waals surface area contributed by atoms with Gasteiger partial charge in [-0.2, -0.15) is 0 Å². The maximum Gasteiger partial charge on any atom is 0.326 e. The van der Waals surface area contributed by atoms with Crippen LogP contribution in [0, 0.1) is 17.0 Å². The van der Waals surface area contributed by atoms with Crippen LogP contribution in [0.5, 0.6) is 0 Å². The number of carbonyl (C=O) groups is 2. The molecule has 0 fully saturated rings. The second-order valence-electron chi connectivity index (χ2n) is 5.01. The smallest absolute Gasteiger partial charge is 0.326 e. The van der Waals surface area contributed by atoms with Crippen LogP contribution >= 0.6 is 0 Å². The Labute approximate surface area is 127 Å². The van der Waals surface area contributed by atoms with E-state index >= 15 is 0 Å². The van der Waals surface area contributed by atoms with Gasteiger partial charge < -0.3 is 16.2 Å². The van der Waals surface area contributed by atoms with Gasteiger partial charge in [0.15, 0.2) is 0 Å². The molecule has 1 aromatic rings. The highest BCUT2D eigenvalue weighted by molar-refractivity contribution is 6.02. The summed E-state index contributed by atoms with van der Waals surface area (Å²) in [5.74, 6) is -1.88. The highest BCUT2D eigenvalue weighted by Crippen LogP contribution is 2.27. The van der Waals surface area contributed by atoms with Gasteiger partial charge >= 0.3 is 5.97 Å². The lowest BCUT2D eigenvalue weighted by Gasteiger charge is -2.15. The lowest BCUT2D eigenvalue weighted by atomic mass is 10.1. The number of unbranched alkanes of at least 4 members (excludes halogenated alkanes) is 1. The number of aliphatic carboxylic acids is 1. The molecule has 8 nitrogen and oxygen atoms in total. The van der Waals surface area contributed by atoms with E-state index in [2.05, 4.69) is 5.32 Å². The molecule has 1 amide bonds. The molecule has 0 saturated carbocycles. The zero-order chi connectivity index (χ0) is 16.9. The lowest BCUT2D eigenvalue weighted by Crippen LogP contribution is -2.41. The zero-order valence-electron chi connectivity index (χ0n) is 12.5. The summed E-state index contributed by atoms with van der Waals surface area (Å²) in [5, 5.41) is 22.4. The topological polar surface area (TPSA) is 136 Å². The second kappa shape index (κ2) is 7.39. The highest BCUT2D eigenvalue weighted by atomic mass is 16.6. The van der Waals surface area contributed by atoms with E-state index < -0.39 is 22.8 Å². The Bertz CT molecular complexity index is 600. The van der Waals surface area contributed by atoms with Crippen molar-refractivity contribution in [3.8, 4) is 0 Å². The van der Waals surface area contributed by atoms with E-state index in [0.29, 0.717) is 12.0 Å². The Morgan fingerprint density at radius 2 is 2.09 bits per heavy atom. The first-order chi connectivity index (χ1) is 10.3. The van der Waals surface area contributed by atoms with Gasteiger partial charge in [0.05, 0.1) is 10.5 Å². The van der Waals surface area contributed by atoms with Crippen molar-refractivity contribution in [3.05, 3.63) is 33.4 Å². The number of hydrogen-bond acceptors (Lipinski definition) is 5. The average Bonchev–Trinajstić information content (AvgIpc) is 2.44. The van der Waals surface area contributed by atoms with E-state index in [1.165, 1.54) is 12.1 Å². The van der Waals surface area contributed by atoms with E-state index in [0.717, 1.165) is 6.42 Å². The van der Waals surface area contributed by atoms with Gasteiger partial charge in [-0.1, -0.05) is 19.8 Å². The minimum Gasteiger partial charge on any atom is -0.480 e. The molecule has 1 rings (SSSR count). The number of aryl methyl sites for hydroxylation is 1. The molecular formula is C14H19N3O5. The first-order valence-electron chi connectivity index (χ1n) is 6.86. The van der Waals surface area contributed by atoms with Crippen LogP contribution < -0.4 is 11.1 Å². The molecule has 0 aliphatic carbocycles. The van der Waals surface area contributed by atoms with Crippen LogP contribution in [0.25, 0.3) is 0 Å². The van der Waals surface area contributed by atoms with Crippen molar-refractivity contribution >= 4 is 23.3 Å². The molecule has 0 aliphatic rings. The van der Waals surface area contributed by atoms with Crippen molar-refractivity contribution in [2.24, 2.45) is 0 Å². The summed E-state index contributed by atoms with van der Waals surface area (Å²) in [6.07, 6.45) is 1.71. The number of nitro benzene ring substituents is 1. The number of nitrogens with two attached hydrogens (primary N) is 1. The number of amides is 1. The molecule has 4 N–H and O–H groups in total. The monoisotopic (exact) mass is 309 g/mol. The number of nitrogens with one attached hydrogen (secondary N) is 1. The molecule has 120 valence electrons. The second-order valence-corrected chi connectivity index (χ2v) is 5.01. The summed E-state index contributed by atoms with van der Waals surface area (Å²) in [7, 11) is 0. The Morgan fingerprint density at radius 3 is 2.59 bits per heavy atom. The largest absolute Gasteiger partial charge is 0.480 e. The van der Waals surface area contributed by atoms with Crippen LogP contribution in [-0.4, -0.2) is 27.9 Å². The highest BCUT2D eigenvalue weighted by Gasteiger charge is 2.24. The number of carboxylic acid groups (broad SMARTS) is 1. The first-order valence-corrected chi connectivity index (χ1v) is 6.86. The number of benzene rings is 1. The molecule has 1 unspecified atom stereocenters. The van der Waals surface area contributed by atoms with Gasteiger partial charge in [-0.25, -0.2) is 4.79 Å². The van der Waals surface area contributed by atoms with Crippen molar-refractivity contribution in [1.82, 2.24) is 5.32 Å². The molecule has 0 radical (unpaired) electrons. The van der Waals surface area contributed by atoms with Crippen LogP contribution in [-0.2, 0) is 4.79 Å². The van der Waals surface area contributed by atoms with Crippen molar-refractivity contribution < 1.29 is 19.6 Å². The lowest BCUT2D eigenvalue weighted by molar-refractivity contribution is -0.384. The van der Waals surface area contributed by atoms with Gasteiger partial charge in [0, 0.05) is 6.07 Å². The molecule has 1 aromatic carbocycles. The van der Waals surface area contributed by atoms with Crippen LogP contribution in [0.1, 0.15) is 42.1 Å². The van der Waals surface area contributed by atoms with Gasteiger partial charge in [-0.05, 0) is 25.0 Å². The van der Waals surface area contributed by atoms with Crippen LogP contribution in [0.15, 0.2) is 12.1 Å². The SMILES string of the molecule is CCCCC(NC(=O)c1cc(C)cc([N+](=O)[O-])c1N)C(=O)O. The summed E-state index contributed by atoms with van der Waals surface area (Å²) >= 11 is 0. The maximum absolute atomic E-state index is 12.2. The Balaban J connectivity index is 3.07. The number of nitrogen functional groups attached to an aromatic ring is 1. The van der Waals surface area contributed by atoms with Gasteiger partial charge in [0.2, 0.25) is 0 Å². The number of rotatable bonds is 7. The minimum atomic E-state index is -1.15. The Kier molecular flexibility index (Phi) is 5.85. The van der Waals surface area contributed by atoms with Gasteiger partial charge in [-0.15, -0.1) is 0 Å². The predicted molar refractivity (Wildman–Crippen MR) is 80.7 cm³/mol. The number of nitro groups is 1. The molecule has 0 heterocycles. The van der Waals surface area contributed by atoms with E-state index in [1.807, 2.05) is 6.92 Å². The van der Waals surface area contributed by atoms with E-state index in [9.17, 15) is 19.7 Å². The first kappa shape index (κ1) is 17.4. The van der Waals surface area contributed by atoms with Crippen LogP contribution in [0.2, 0.25) is 0 Å². The number of carbonyl (C=O) groups excluding carboxylic acids is 1. The van der Waals surface area contributed by atoms with Gasteiger partial charge in [-0.3, -0.25) is 14.9 Å². The third kappa shape index (κ3) is 4.18. The summed E-state index contributed by atoms with van der Waals surface area (Å²) in [4.78, 5) is 33.6. The van der Waals surface area contributed by atoms with Crippen molar-refractivity contribution in [2.45, 2.75) is 39.2 Å². The van der Waals surface area contributed by atoms with Crippen molar-refractivity contribution in [3.63, 3.8) is 0 Å². The fourth-order valence-electron chi connectivity index (χ4n) is 2.02. The molecular weight excluding hydrogens is 290 g/mol. The Morgan fingerprint density at radius 1 is 1.45 bits per heavy atom. The third-order valence-electron chi connectivity index (χ3n) is 3.19. The normalized spacial score (nSPS) is 11.7. The fourth-order valence-corrected chi connectivity index (χ4v) is 2.02. The number of anilines is 1. The number of hydrogen-bond donors (Lipinski definition) is 3. The molecule has 22 heavy (non-hydrogen) atoms. The fraction of sp³-hybridized carbons (Fsp3) is 0.429. The van der Waals surface area contributed by atoms with Crippen LogP contribution in [0.3, 0.4) is 0 Å².